The summed E-state index contributed by atoms with van der Waals surface area (Å²) in [5.41, 5.74) is 0. The minimum atomic E-state index is -0.672. The Balaban J connectivity index is 3.45. The van der Waals surface area contributed by atoms with Crippen LogP contribution in [0.15, 0.2) is 24.3 Å². The lowest BCUT2D eigenvalue weighted by atomic mass is 10.0. The van der Waals surface area contributed by atoms with E-state index in [1.165, 1.54) is 283 Å². The molecule has 0 aliphatic rings. The molecule has 0 heterocycles. The van der Waals surface area contributed by atoms with E-state index < -0.39 is 12.1 Å². The predicted octanol–water partition coefficient (Wildman–Crippen LogP) is 22.1. The van der Waals surface area contributed by atoms with Crippen molar-refractivity contribution in [2.45, 2.75) is 398 Å². The topological polar surface area (TPSA) is 95.9 Å². The molecule has 0 aromatic rings. The van der Waals surface area contributed by atoms with Crippen LogP contribution in [0.3, 0.4) is 0 Å². The molecule has 0 aliphatic heterocycles. The van der Waals surface area contributed by atoms with Crippen LogP contribution in [0, 0.1) is 0 Å². The van der Waals surface area contributed by atoms with Gasteiger partial charge < -0.3 is 20.3 Å². The van der Waals surface area contributed by atoms with Crippen molar-refractivity contribution >= 4 is 11.9 Å². The molecule has 0 fully saturated rings. The third-order valence-corrected chi connectivity index (χ3v) is 16.3. The monoisotopic (exact) mass is 1070 g/mol. The van der Waals surface area contributed by atoms with Crippen molar-refractivity contribution in [2.75, 3.05) is 13.2 Å². The van der Waals surface area contributed by atoms with Crippen LogP contribution in [0.5, 0.6) is 0 Å². The lowest BCUT2D eigenvalue weighted by Gasteiger charge is -2.22. The third-order valence-electron chi connectivity index (χ3n) is 16.3. The number of nitrogens with one attached hydrogen (secondary N) is 1. The zero-order valence-corrected chi connectivity index (χ0v) is 51.5. The number of carbonyl (C=O) groups excluding carboxylic acids is 2. The zero-order valence-electron chi connectivity index (χ0n) is 51.5. The predicted molar refractivity (Wildman–Crippen MR) is 333 cm³/mol. The normalized spacial score (nSPS) is 12.6. The van der Waals surface area contributed by atoms with Crippen molar-refractivity contribution in [2.24, 2.45) is 0 Å². The maximum atomic E-state index is 12.5. The molecule has 0 saturated heterocycles. The Hall–Kier alpha value is -1.66. The van der Waals surface area contributed by atoms with Crippen LogP contribution in [0.2, 0.25) is 0 Å². The molecule has 0 rings (SSSR count). The van der Waals surface area contributed by atoms with E-state index in [0.29, 0.717) is 25.9 Å². The highest BCUT2D eigenvalue weighted by Crippen LogP contribution is 2.19. The molecule has 2 atom stereocenters. The summed E-state index contributed by atoms with van der Waals surface area (Å²) in [6.45, 7) is 4.95. The van der Waals surface area contributed by atoms with E-state index in [9.17, 15) is 19.8 Å². The van der Waals surface area contributed by atoms with Crippen molar-refractivity contribution in [3.8, 4) is 0 Å². The number of aliphatic hydroxyl groups excluding tert-OH is 2. The van der Waals surface area contributed by atoms with E-state index in [1.54, 1.807) is 0 Å². The largest absolute Gasteiger partial charge is 0.466 e. The van der Waals surface area contributed by atoms with Gasteiger partial charge in [-0.25, -0.2) is 0 Å². The summed E-state index contributed by atoms with van der Waals surface area (Å²) >= 11 is 0. The smallest absolute Gasteiger partial charge is 0.305 e. The number of ether oxygens (including phenoxy) is 1. The first-order valence-corrected chi connectivity index (χ1v) is 34.6. The van der Waals surface area contributed by atoms with Crippen molar-refractivity contribution in [1.82, 2.24) is 5.32 Å². The van der Waals surface area contributed by atoms with Crippen LogP contribution in [0.25, 0.3) is 0 Å². The number of allylic oxidation sites excluding steroid dienone is 4. The Morgan fingerprint density at radius 1 is 0.368 bits per heavy atom. The Bertz CT molecular complexity index is 1190. The standard InChI is InChI=1S/C70H135NO5/c1-3-5-7-9-11-13-15-17-19-21-23-24-25-27-30-34-38-42-46-50-54-58-62-68(73)67(66-72)71-69(74)63-59-55-51-47-43-39-35-31-28-26-29-33-37-41-45-49-53-57-61-65-76-70(75)64-60-56-52-48-44-40-36-32-22-20-18-16-14-12-10-8-6-4-2/h33,37,41,45,67-68,72-73H,3-32,34-36,38-40,42-44,46-66H2,1-2H3,(H,71,74)/b37-33-,45-41-. The fraction of sp³-hybridized carbons (Fsp3) is 0.914. The molecule has 0 aromatic heterocycles. The second-order valence-corrected chi connectivity index (χ2v) is 23.9. The molecule has 0 aliphatic carbocycles. The van der Waals surface area contributed by atoms with E-state index in [1.807, 2.05) is 0 Å². The molecule has 0 saturated carbocycles. The Morgan fingerprint density at radius 2 is 0.645 bits per heavy atom. The lowest BCUT2D eigenvalue weighted by molar-refractivity contribution is -0.143. The molecule has 0 radical (unpaired) electrons. The molecular weight excluding hydrogens is 935 g/mol. The summed E-state index contributed by atoms with van der Waals surface area (Å²) in [7, 11) is 0. The van der Waals surface area contributed by atoms with Crippen molar-refractivity contribution < 1.29 is 24.5 Å². The summed E-state index contributed by atoms with van der Waals surface area (Å²) in [6, 6.07) is -0.550. The van der Waals surface area contributed by atoms with E-state index in [2.05, 4.69) is 43.5 Å². The zero-order chi connectivity index (χ0) is 55.0. The van der Waals surface area contributed by atoms with Crippen LogP contribution in [-0.2, 0) is 14.3 Å². The SMILES string of the molecule is CCCCCCCCCCCCCCCCCCCCCCCCC(O)C(CO)NC(=O)CCCCCCCCCCCC/C=C\C=C/CCCCCOC(=O)CCCCCCCCCCCCCCCCCCCC. The summed E-state index contributed by atoms with van der Waals surface area (Å²) in [5.74, 6) is -0.0484. The van der Waals surface area contributed by atoms with Gasteiger partial charge >= 0.3 is 5.97 Å². The van der Waals surface area contributed by atoms with Gasteiger partial charge in [0.15, 0.2) is 0 Å². The molecule has 0 aromatic carbocycles. The van der Waals surface area contributed by atoms with Gasteiger partial charge in [0, 0.05) is 12.8 Å². The number of carbonyl (C=O) groups is 2. The number of unbranched alkanes of at least 4 members (excludes halogenated alkanes) is 51. The molecule has 3 N–H and O–H groups in total. The lowest BCUT2D eigenvalue weighted by Crippen LogP contribution is -2.45. The molecule has 0 bridgehead atoms. The highest BCUT2D eigenvalue weighted by atomic mass is 16.5. The maximum absolute atomic E-state index is 12.5. The molecular formula is C70H135NO5. The first-order valence-electron chi connectivity index (χ1n) is 34.6. The second kappa shape index (κ2) is 65.9. The first kappa shape index (κ1) is 74.3. The minimum absolute atomic E-state index is 0.00789. The molecule has 6 nitrogen and oxygen atoms in total. The summed E-state index contributed by atoms with van der Waals surface area (Å²) in [6.07, 6.45) is 82.1. The number of hydrogen-bond acceptors (Lipinski definition) is 5. The van der Waals surface area contributed by atoms with Gasteiger partial charge in [-0.15, -0.1) is 0 Å². The number of rotatable bonds is 65. The Morgan fingerprint density at radius 3 is 0.974 bits per heavy atom. The maximum Gasteiger partial charge on any atom is 0.305 e. The first-order chi connectivity index (χ1) is 37.5. The van der Waals surface area contributed by atoms with E-state index in [4.69, 9.17) is 4.74 Å². The number of esters is 1. The molecule has 1 amide bonds. The summed E-state index contributed by atoms with van der Waals surface area (Å²) < 4.78 is 5.48. The molecule has 2 unspecified atom stereocenters. The minimum Gasteiger partial charge on any atom is -0.466 e. The van der Waals surface area contributed by atoms with Crippen molar-refractivity contribution in [3.63, 3.8) is 0 Å². The van der Waals surface area contributed by atoms with Gasteiger partial charge in [-0.2, -0.15) is 0 Å². The molecule has 6 heteroatoms. The average Bonchev–Trinajstić information content (AvgIpc) is 3.42. The van der Waals surface area contributed by atoms with Crippen LogP contribution in [-0.4, -0.2) is 47.4 Å². The summed E-state index contributed by atoms with van der Waals surface area (Å²) in [5, 5.41) is 23.4. The average molecular weight is 1070 g/mol. The van der Waals surface area contributed by atoms with Crippen LogP contribution >= 0.6 is 0 Å². The highest BCUT2D eigenvalue weighted by Gasteiger charge is 2.20. The van der Waals surface area contributed by atoms with Gasteiger partial charge in [-0.3, -0.25) is 9.59 Å². The fourth-order valence-corrected chi connectivity index (χ4v) is 11.0. The van der Waals surface area contributed by atoms with Gasteiger partial charge in [-0.1, -0.05) is 340 Å². The number of aliphatic hydroxyl groups is 2. The second-order valence-electron chi connectivity index (χ2n) is 23.9. The number of amides is 1. The fourth-order valence-electron chi connectivity index (χ4n) is 11.0. The van der Waals surface area contributed by atoms with Crippen LogP contribution < -0.4 is 5.32 Å². The molecule has 450 valence electrons. The van der Waals surface area contributed by atoms with E-state index in [-0.39, 0.29) is 18.5 Å². The van der Waals surface area contributed by atoms with E-state index in [0.717, 1.165) is 70.6 Å². The van der Waals surface area contributed by atoms with Crippen molar-refractivity contribution in [1.29, 1.82) is 0 Å². The van der Waals surface area contributed by atoms with E-state index >= 15 is 0 Å². The quantitative estimate of drug-likeness (QED) is 0.0320. The van der Waals surface area contributed by atoms with Crippen LogP contribution in [0.1, 0.15) is 386 Å². The van der Waals surface area contributed by atoms with Gasteiger partial charge in [0.1, 0.15) is 0 Å². The molecule has 76 heavy (non-hydrogen) atoms. The third kappa shape index (κ3) is 61.6. The van der Waals surface area contributed by atoms with Gasteiger partial charge in [0.25, 0.3) is 0 Å². The summed E-state index contributed by atoms with van der Waals surface area (Å²) in [4.78, 5) is 24.6. The molecule has 0 spiro atoms. The van der Waals surface area contributed by atoms with Crippen molar-refractivity contribution in [3.05, 3.63) is 24.3 Å². The highest BCUT2D eigenvalue weighted by molar-refractivity contribution is 5.76. The van der Waals surface area contributed by atoms with Crippen LogP contribution in [0.4, 0.5) is 0 Å². The van der Waals surface area contributed by atoms with Gasteiger partial charge in [-0.05, 0) is 57.8 Å². The van der Waals surface area contributed by atoms with Gasteiger partial charge in [0.2, 0.25) is 5.91 Å². The Labute approximate surface area is 475 Å². The van der Waals surface area contributed by atoms with Gasteiger partial charge in [0.05, 0.1) is 25.4 Å². The Kier molecular flexibility index (Phi) is 64.4. The number of hydrogen-bond donors (Lipinski definition) is 3.